The summed E-state index contributed by atoms with van der Waals surface area (Å²) < 4.78 is 19.2. The molecule has 1 aromatic heterocycles. The van der Waals surface area contributed by atoms with Gasteiger partial charge in [-0.05, 0) is 50.5 Å². The van der Waals surface area contributed by atoms with Gasteiger partial charge >= 0.3 is 0 Å². The molecule has 16 heavy (non-hydrogen) atoms. The maximum Gasteiger partial charge on any atom is 0.136 e. The Balaban J connectivity index is 1.92. The van der Waals surface area contributed by atoms with E-state index in [1.165, 1.54) is 17.7 Å². The fourth-order valence-electron chi connectivity index (χ4n) is 1.30. The summed E-state index contributed by atoms with van der Waals surface area (Å²) in [5.74, 6) is 0.268. The summed E-state index contributed by atoms with van der Waals surface area (Å²) in [4.78, 5) is 0. The molecule has 0 N–H and O–H groups in total. The van der Waals surface area contributed by atoms with Gasteiger partial charge < -0.3 is 4.74 Å². The molecular formula is C12H10BrFOS. The molecule has 2 aromatic rings. The Morgan fingerprint density at radius 3 is 2.94 bits per heavy atom. The van der Waals surface area contributed by atoms with E-state index in [1.54, 1.807) is 17.4 Å². The number of hydrogen-bond donors (Lipinski definition) is 0. The lowest BCUT2D eigenvalue weighted by Crippen LogP contribution is -2.01. The number of hydrogen-bond acceptors (Lipinski definition) is 2. The minimum Gasteiger partial charge on any atom is -0.492 e. The van der Waals surface area contributed by atoms with Crippen LogP contribution in [0.15, 0.2) is 39.5 Å². The number of rotatable bonds is 4. The molecule has 1 heterocycles. The average Bonchev–Trinajstić information content (AvgIpc) is 2.76. The van der Waals surface area contributed by atoms with Crippen LogP contribution in [-0.4, -0.2) is 6.61 Å². The summed E-state index contributed by atoms with van der Waals surface area (Å²) in [6.07, 6.45) is 0.840. The van der Waals surface area contributed by atoms with Crippen LogP contribution >= 0.6 is 27.3 Å². The minimum absolute atomic E-state index is 0.284. The van der Waals surface area contributed by atoms with Crippen molar-refractivity contribution >= 4 is 27.3 Å². The minimum atomic E-state index is -0.284. The maximum absolute atomic E-state index is 12.9. The Morgan fingerprint density at radius 1 is 1.31 bits per heavy atom. The van der Waals surface area contributed by atoms with Crippen molar-refractivity contribution in [3.8, 4) is 5.75 Å². The zero-order valence-electron chi connectivity index (χ0n) is 8.45. The van der Waals surface area contributed by atoms with E-state index in [4.69, 9.17) is 4.74 Å². The molecule has 0 atom stereocenters. The molecule has 0 saturated carbocycles. The van der Waals surface area contributed by atoms with Gasteiger partial charge in [-0.25, -0.2) is 4.39 Å². The average molecular weight is 301 g/mol. The van der Waals surface area contributed by atoms with Gasteiger partial charge in [-0.2, -0.15) is 11.3 Å². The van der Waals surface area contributed by atoms with Gasteiger partial charge in [-0.15, -0.1) is 0 Å². The van der Waals surface area contributed by atoms with Crippen molar-refractivity contribution in [2.75, 3.05) is 6.61 Å². The molecule has 1 aromatic carbocycles. The van der Waals surface area contributed by atoms with Gasteiger partial charge in [0.2, 0.25) is 0 Å². The Kier molecular flexibility index (Phi) is 3.96. The molecule has 0 fully saturated rings. The predicted molar refractivity (Wildman–Crippen MR) is 67.6 cm³/mol. The zero-order chi connectivity index (χ0) is 11.4. The van der Waals surface area contributed by atoms with Crippen LogP contribution < -0.4 is 4.74 Å². The van der Waals surface area contributed by atoms with E-state index in [9.17, 15) is 4.39 Å². The molecule has 0 unspecified atom stereocenters. The highest BCUT2D eigenvalue weighted by molar-refractivity contribution is 9.10. The number of benzene rings is 1. The van der Waals surface area contributed by atoms with E-state index in [1.807, 2.05) is 5.38 Å². The lowest BCUT2D eigenvalue weighted by Gasteiger charge is -2.07. The summed E-state index contributed by atoms with van der Waals surface area (Å²) >= 11 is 4.99. The van der Waals surface area contributed by atoms with Crippen LogP contribution in [0.2, 0.25) is 0 Å². The highest BCUT2D eigenvalue weighted by atomic mass is 79.9. The molecule has 0 saturated heterocycles. The Bertz CT molecular complexity index is 456. The van der Waals surface area contributed by atoms with E-state index < -0.39 is 0 Å². The third-order valence-corrected chi connectivity index (χ3v) is 3.51. The normalized spacial score (nSPS) is 10.4. The maximum atomic E-state index is 12.9. The van der Waals surface area contributed by atoms with E-state index in [0.29, 0.717) is 12.4 Å². The molecule has 2 rings (SSSR count). The quantitative estimate of drug-likeness (QED) is 0.819. The fourth-order valence-corrected chi connectivity index (χ4v) is 2.37. The Hall–Kier alpha value is -0.870. The first-order valence-electron chi connectivity index (χ1n) is 4.84. The van der Waals surface area contributed by atoms with Crippen molar-refractivity contribution in [2.45, 2.75) is 6.42 Å². The van der Waals surface area contributed by atoms with Crippen molar-refractivity contribution in [3.05, 3.63) is 50.9 Å². The largest absolute Gasteiger partial charge is 0.492 e. The second-order valence-corrected chi connectivity index (χ2v) is 4.94. The number of thiophene rings is 1. The molecule has 4 heteroatoms. The summed E-state index contributed by atoms with van der Waals surface area (Å²) in [6.45, 7) is 0.554. The van der Waals surface area contributed by atoms with Crippen molar-refractivity contribution in [1.29, 1.82) is 0 Å². The number of halogens is 2. The third-order valence-electron chi connectivity index (χ3n) is 2.12. The molecular weight excluding hydrogens is 291 g/mol. The van der Waals surface area contributed by atoms with Crippen molar-refractivity contribution in [1.82, 2.24) is 0 Å². The van der Waals surface area contributed by atoms with Crippen molar-refractivity contribution < 1.29 is 9.13 Å². The molecule has 1 nitrogen and oxygen atoms in total. The highest BCUT2D eigenvalue weighted by Crippen LogP contribution is 2.25. The van der Waals surface area contributed by atoms with Gasteiger partial charge in [-0.1, -0.05) is 0 Å². The molecule has 0 aliphatic rings. The Morgan fingerprint density at radius 2 is 2.19 bits per heavy atom. The van der Waals surface area contributed by atoms with Crippen LogP contribution in [0, 0.1) is 5.82 Å². The van der Waals surface area contributed by atoms with Gasteiger partial charge in [0.25, 0.3) is 0 Å². The lowest BCUT2D eigenvalue weighted by molar-refractivity contribution is 0.318. The molecule has 0 aliphatic heterocycles. The van der Waals surface area contributed by atoms with E-state index in [0.717, 1.165) is 10.9 Å². The SMILES string of the molecule is Fc1ccc(Br)c(OCCc2ccsc2)c1. The first kappa shape index (κ1) is 11.6. The molecule has 0 amide bonds. The summed E-state index contributed by atoms with van der Waals surface area (Å²) in [5.41, 5.74) is 1.25. The predicted octanol–water partition coefficient (Wildman–Crippen LogP) is 4.27. The smallest absolute Gasteiger partial charge is 0.136 e. The molecule has 0 bridgehead atoms. The van der Waals surface area contributed by atoms with Gasteiger partial charge in [-0.3, -0.25) is 0 Å². The topological polar surface area (TPSA) is 9.23 Å². The molecule has 0 aliphatic carbocycles. The summed E-state index contributed by atoms with van der Waals surface area (Å²) in [5, 5.41) is 4.12. The van der Waals surface area contributed by atoms with Crippen molar-refractivity contribution in [3.63, 3.8) is 0 Å². The highest BCUT2D eigenvalue weighted by Gasteiger charge is 2.03. The van der Waals surface area contributed by atoms with E-state index in [2.05, 4.69) is 27.4 Å². The number of ether oxygens (including phenoxy) is 1. The monoisotopic (exact) mass is 300 g/mol. The molecule has 0 spiro atoms. The van der Waals surface area contributed by atoms with Crippen LogP contribution in [0.25, 0.3) is 0 Å². The van der Waals surface area contributed by atoms with Crippen LogP contribution in [0.3, 0.4) is 0 Å². The van der Waals surface area contributed by atoms with Crippen LogP contribution in [-0.2, 0) is 6.42 Å². The fraction of sp³-hybridized carbons (Fsp3) is 0.167. The van der Waals surface area contributed by atoms with Gasteiger partial charge in [0.05, 0.1) is 11.1 Å². The Labute approximate surface area is 106 Å². The van der Waals surface area contributed by atoms with Gasteiger partial charge in [0, 0.05) is 12.5 Å². The van der Waals surface area contributed by atoms with Crippen molar-refractivity contribution in [2.24, 2.45) is 0 Å². The molecule has 0 radical (unpaired) electrons. The van der Waals surface area contributed by atoms with E-state index >= 15 is 0 Å². The zero-order valence-corrected chi connectivity index (χ0v) is 10.9. The van der Waals surface area contributed by atoms with Crippen LogP contribution in [0.1, 0.15) is 5.56 Å². The van der Waals surface area contributed by atoms with Gasteiger partial charge in [0.15, 0.2) is 0 Å². The second-order valence-electron chi connectivity index (χ2n) is 3.30. The lowest BCUT2D eigenvalue weighted by atomic mass is 10.2. The molecule has 84 valence electrons. The first-order valence-corrected chi connectivity index (χ1v) is 6.58. The summed E-state index contributed by atoms with van der Waals surface area (Å²) in [7, 11) is 0. The first-order chi connectivity index (χ1) is 7.75. The second kappa shape index (κ2) is 5.46. The van der Waals surface area contributed by atoms with Crippen LogP contribution in [0.4, 0.5) is 4.39 Å². The van der Waals surface area contributed by atoms with Gasteiger partial charge in [0.1, 0.15) is 11.6 Å². The third kappa shape index (κ3) is 3.06. The summed E-state index contributed by atoms with van der Waals surface area (Å²) in [6, 6.07) is 6.50. The standard InChI is InChI=1S/C12H10BrFOS/c13-11-2-1-10(14)7-12(11)15-5-3-9-4-6-16-8-9/h1-2,4,6-8H,3,5H2. The van der Waals surface area contributed by atoms with E-state index in [-0.39, 0.29) is 5.82 Å². The van der Waals surface area contributed by atoms with Crippen LogP contribution in [0.5, 0.6) is 5.75 Å².